The number of ether oxygens (including phenoxy) is 1. The second-order valence-corrected chi connectivity index (χ2v) is 9.89. The first-order valence-corrected chi connectivity index (χ1v) is 12.7. The van der Waals surface area contributed by atoms with Gasteiger partial charge in [-0.2, -0.15) is 0 Å². The second kappa shape index (κ2) is 9.58. The SMILES string of the molecule is COc1ccc(C(=O)N2CCN(C(=O)c3cc4ccsc4n3[C@@H](C)c3ccccc3)C[C@@H]2C)cc1. The Balaban J connectivity index is 1.37. The van der Waals surface area contributed by atoms with Crippen molar-refractivity contribution in [2.75, 3.05) is 26.7 Å². The average Bonchev–Trinajstić information content (AvgIpc) is 3.49. The summed E-state index contributed by atoms with van der Waals surface area (Å²) in [6.45, 7) is 5.65. The molecule has 0 aliphatic carbocycles. The smallest absolute Gasteiger partial charge is 0.270 e. The lowest BCUT2D eigenvalue weighted by molar-refractivity contribution is 0.0409. The maximum absolute atomic E-state index is 13.8. The highest BCUT2D eigenvalue weighted by Crippen LogP contribution is 2.32. The summed E-state index contributed by atoms with van der Waals surface area (Å²) in [6.07, 6.45) is 0. The molecule has 0 radical (unpaired) electrons. The van der Waals surface area contributed by atoms with E-state index in [-0.39, 0.29) is 23.9 Å². The van der Waals surface area contributed by atoms with E-state index in [1.165, 1.54) is 0 Å². The van der Waals surface area contributed by atoms with E-state index in [0.29, 0.717) is 30.9 Å². The van der Waals surface area contributed by atoms with E-state index in [4.69, 9.17) is 4.74 Å². The molecule has 2 aromatic heterocycles. The van der Waals surface area contributed by atoms with Crippen molar-refractivity contribution in [1.29, 1.82) is 0 Å². The minimum Gasteiger partial charge on any atom is -0.497 e. The lowest BCUT2D eigenvalue weighted by Crippen LogP contribution is -2.55. The van der Waals surface area contributed by atoms with Gasteiger partial charge >= 0.3 is 0 Å². The number of carbonyl (C=O) groups is 2. The van der Waals surface area contributed by atoms with Crippen LogP contribution in [0.2, 0.25) is 0 Å². The van der Waals surface area contributed by atoms with Crippen molar-refractivity contribution >= 4 is 33.4 Å². The predicted octanol–water partition coefficient (Wildman–Crippen LogP) is 5.31. The van der Waals surface area contributed by atoms with E-state index in [1.807, 2.05) is 41.0 Å². The van der Waals surface area contributed by atoms with Crippen molar-refractivity contribution in [3.8, 4) is 5.75 Å². The van der Waals surface area contributed by atoms with Crippen molar-refractivity contribution in [2.24, 2.45) is 0 Å². The van der Waals surface area contributed by atoms with Gasteiger partial charge in [0.05, 0.1) is 13.2 Å². The normalized spacial score (nSPS) is 16.9. The minimum absolute atomic E-state index is 0.0135. The molecule has 2 atom stereocenters. The zero-order valence-corrected chi connectivity index (χ0v) is 21.0. The highest BCUT2D eigenvalue weighted by atomic mass is 32.1. The molecule has 1 aliphatic heterocycles. The summed E-state index contributed by atoms with van der Waals surface area (Å²) in [4.78, 5) is 31.7. The number of hydrogen-bond acceptors (Lipinski definition) is 4. The van der Waals surface area contributed by atoms with Crippen LogP contribution >= 0.6 is 11.3 Å². The maximum Gasteiger partial charge on any atom is 0.270 e. The van der Waals surface area contributed by atoms with Gasteiger partial charge in [0.2, 0.25) is 0 Å². The predicted molar refractivity (Wildman–Crippen MR) is 139 cm³/mol. The second-order valence-electron chi connectivity index (χ2n) is 8.99. The van der Waals surface area contributed by atoms with E-state index in [1.54, 1.807) is 42.7 Å². The van der Waals surface area contributed by atoms with Gasteiger partial charge in [-0.15, -0.1) is 11.3 Å². The van der Waals surface area contributed by atoms with Gasteiger partial charge in [0.15, 0.2) is 0 Å². The van der Waals surface area contributed by atoms with Gasteiger partial charge in [-0.25, -0.2) is 0 Å². The average molecular weight is 488 g/mol. The molecule has 1 aliphatic rings. The van der Waals surface area contributed by atoms with Crippen LogP contribution in [0.1, 0.15) is 46.3 Å². The summed E-state index contributed by atoms with van der Waals surface area (Å²) >= 11 is 1.66. The monoisotopic (exact) mass is 487 g/mol. The number of hydrogen-bond donors (Lipinski definition) is 0. The third-order valence-electron chi connectivity index (χ3n) is 6.85. The number of amides is 2. The van der Waals surface area contributed by atoms with Crippen LogP contribution in [0.15, 0.2) is 72.1 Å². The highest BCUT2D eigenvalue weighted by Gasteiger charge is 2.33. The Hall–Kier alpha value is -3.58. The van der Waals surface area contributed by atoms with Crippen molar-refractivity contribution in [2.45, 2.75) is 25.9 Å². The van der Waals surface area contributed by atoms with Crippen molar-refractivity contribution in [1.82, 2.24) is 14.4 Å². The standard InChI is InChI=1S/C28H29N3O3S/c1-19-18-29(14-15-30(19)26(32)22-9-11-24(34-3)12-10-22)27(33)25-17-23-13-16-35-28(23)31(25)20(2)21-7-5-4-6-8-21/h4-13,16-17,19-20H,14-15,18H2,1-3H3/t19-,20-/m0/s1. The topological polar surface area (TPSA) is 54.8 Å². The minimum atomic E-state index is -0.0848. The first-order chi connectivity index (χ1) is 17.0. The first-order valence-electron chi connectivity index (χ1n) is 11.9. The molecule has 3 heterocycles. The number of nitrogens with zero attached hydrogens (tertiary/aromatic N) is 3. The van der Waals surface area contributed by atoms with Crippen LogP contribution in [0.25, 0.3) is 10.2 Å². The number of thiophene rings is 1. The fourth-order valence-electron chi connectivity index (χ4n) is 4.88. The van der Waals surface area contributed by atoms with Gasteiger partial charge in [-0.05, 0) is 61.2 Å². The molecule has 6 nitrogen and oxygen atoms in total. The molecule has 1 fully saturated rings. The summed E-state index contributed by atoms with van der Waals surface area (Å²) in [5, 5.41) is 3.15. The molecule has 4 aromatic rings. The molecular formula is C28H29N3O3S. The Kier molecular flexibility index (Phi) is 6.34. The number of aromatic nitrogens is 1. The van der Waals surface area contributed by atoms with Gasteiger partial charge in [0.25, 0.3) is 11.8 Å². The summed E-state index contributed by atoms with van der Waals surface area (Å²) in [5.41, 5.74) is 2.49. The Labute approximate surface area is 209 Å². The van der Waals surface area contributed by atoms with Gasteiger partial charge in [0, 0.05) is 36.6 Å². The third-order valence-corrected chi connectivity index (χ3v) is 7.77. The van der Waals surface area contributed by atoms with Crippen molar-refractivity contribution in [3.05, 3.63) is 88.9 Å². The molecule has 7 heteroatoms. The Morgan fingerprint density at radius 1 is 1.00 bits per heavy atom. The van der Waals surface area contributed by atoms with E-state index < -0.39 is 0 Å². The number of rotatable bonds is 5. The molecule has 0 saturated carbocycles. The molecule has 0 bridgehead atoms. The van der Waals surface area contributed by atoms with Crippen LogP contribution < -0.4 is 4.74 Å². The van der Waals surface area contributed by atoms with Crippen LogP contribution in [0.5, 0.6) is 5.75 Å². The third kappa shape index (κ3) is 4.32. The molecule has 2 aromatic carbocycles. The largest absolute Gasteiger partial charge is 0.497 e. The Morgan fingerprint density at radius 2 is 1.74 bits per heavy atom. The number of piperazine rings is 1. The van der Waals surface area contributed by atoms with Crippen LogP contribution in [0.3, 0.4) is 0 Å². The fourth-order valence-corrected chi connectivity index (χ4v) is 5.85. The van der Waals surface area contributed by atoms with Crippen LogP contribution in [-0.2, 0) is 0 Å². The zero-order chi connectivity index (χ0) is 24.5. The van der Waals surface area contributed by atoms with Crippen LogP contribution in [-0.4, -0.2) is 59.0 Å². The van der Waals surface area contributed by atoms with E-state index in [9.17, 15) is 9.59 Å². The summed E-state index contributed by atoms with van der Waals surface area (Å²) in [7, 11) is 1.61. The van der Waals surface area contributed by atoms with Gasteiger partial charge in [-0.3, -0.25) is 9.59 Å². The fraction of sp³-hybridized carbons (Fsp3) is 0.286. The zero-order valence-electron chi connectivity index (χ0n) is 20.2. The summed E-state index contributed by atoms with van der Waals surface area (Å²) < 4.78 is 7.36. The highest BCUT2D eigenvalue weighted by molar-refractivity contribution is 7.16. The van der Waals surface area contributed by atoms with E-state index in [0.717, 1.165) is 21.5 Å². The van der Waals surface area contributed by atoms with E-state index >= 15 is 0 Å². The Bertz CT molecular complexity index is 1340. The Morgan fingerprint density at radius 3 is 2.43 bits per heavy atom. The van der Waals surface area contributed by atoms with Gasteiger partial charge in [0.1, 0.15) is 16.3 Å². The molecule has 5 rings (SSSR count). The molecule has 180 valence electrons. The van der Waals surface area contributed by atoms with Crippen LogP contribution in [0, 0.1) is 0 Å². The number of methoxy groups -OCH3 is 1. The number of benzene rings is 2. The maximum atomic E-state index is 13.8. The van der Waals surface area contributed by atoms with Gasteiger partial charge < -0.3 is 19.1 Å². The van der Waals surface area contributed by atoms with Crippen molar-refractivity contribution < 1.29 is 14.3 Å². The molecule has 35 heavy (non-hydrogen) atoms. The molecule has 2 amide bonds. The molecular weight excluding hydrogens is 458 g/mol. The first kappa shape index (κ1) is 23.2. The molecule has 0 unspecified atom stereocenters. The van der Waals surface area contributed by atoms with Crippen LogP contribution in [0.4, 0.5) is 0 Å². The molecule has 0 spiro atoms. The van der Waals surface area contributed by atoms with Gasteiger partial charge in [-0.1, -0.05) is 30.3 Å². The van der Waals surface area contributed by atoms with Crippen molar-refractivity contribution in [3.63, 3.8) is 0 Å². The lowest BCUT2D eigenvalue weighted by Gasteiger charge is -2.40. The number of carbonyl (C=O) groups excluding carboxylic acids is 2. The quantitative estimate of drug-likeness (QED) is 0.384. The summed E-state index contributed by atoms with van der Waals surface area (Å²) in [6, 6.07) is 21.5. The number of fused-ring (bicyclic) bond motifs is 1. The molecule has 1 saturated heterocycles. The lowest BCUT2D eigenvalue weighted by atomic mass is 10.1. The van der Waals surface area contributed by atoms with E-state index in [2.05, 4.69) is 35.1 Å². The molecule has 0 N–H and O–H groups in total. The summed E-state index contributed by atoms with van der Waals surface area (Å²) in [5.74, 6) is 0.714.